The molecule has 0 radical (unpaired) electrons. The van der Waals surface area contributed by atoms with Crippen LogP contribution in [0.25, 0.3) is 11.1 Å². The summed E-state index contributed by atoms with van der Waals surface area (Å²) < 4.78 is 16.1. The Labute approximate surface area is 232 Å². The van der Waals surface area contributed by atoms with Crippen molar-refractivity contribution in [3.63, 3.8) is 0 Å². The second-order valence-corrected chi connectivity index (χ2v) is 11.5. The first kappa shape index (κ1) is 26.0. The number of likely N-dealkylation sites (tertiary alicyclic amines) is 1. The number of hydrogen-bond donors (Lipinski definition) is 0. The maximum absolute atomic E-state index is 13.9. The van der Waals surface area contributed by atoms with Crippen molar-refractivity contribution in [3.8, 4) is 11.1 Å². The van der Waals surface area contributed by atoms with Crippen LogP contribution in [-0.2, 0) is 13.0 Å². The fraction of sp³-hybridized carbons (Fsp3) is 0.400. The highest BCUT2D eigenvalue weighted by Gasteiger charge is 2.32. The second-order valence-electron chi connectivity index (χ2n) is 11.5. The molecule has 1 aliphatic heterocycles. The number of halogens is 1. The smallest absolute Gasteiger partial charge is 0.123 e. The number of piperidine rings is 1. The van der Waals surface area contributed by atoms with Crippen molar-refractivity contribution in [3.05, 3.63) is 113 Å². The van der Waals surface area contributed by atoms with Gasteiger partial charge in [0.2, 0.25) is 0 Å². The molecule has 2 aliphatic rings. The average Bonchev–Trinajstić information content (AvgIpc) is 3.61. The van der Waals surface area contributed by atoms with E-state index in [9.17, 15) is 4.39 Å². The van der Waals surface area contributed by atoms with E-state index in [0.29, 0.717) is 17.8 Å². The van der Waals surface area contributed by atoms with Crippen LogP contribution in [0, 0.1) is 11.7 Å². The quantitative estimate of drug-likeness (QED) is 0.234. The van der Waals surface area contributed by atoms with E-state index >= 15 is 0 Å². The molecule has 2 atom stereocenters. The van der Waals surface area contributed by atoms with Crippen LogP contribution in [0.1, 0.15) is 73.4 Å². The molecule has 202 valence electrons. The molecule has 2 fully saturated rings. The Bertz CT molecular complexity index is 1350. The highest BCUT2D eigenvalue weighted by molar-refractivity contribution is 5.63. The summed E-state index contributed by atoms with van der Waals surface area (Å²) in [4.78, 5) is 2.67. The molecule has 4 heteroatoms. The summed E-state index contributed by atoms with van der Waals surface area (Å²) in [6, 6.07) is 29.2. The van der Waals surface area contributed by atoms with Gasteiger partial charge in [0.25, 0.3) is 0 Å². The molecule has 0 N–H and O–H groups in total. The summed E-state index contributed by atoms with van der Waals surface area (Å²) in [6.45, 7) is 6.55. The number of rotatable bonds is 8. The third-order valence-corrected chi connectivity index (χ3v) is 9.04. The molecule has 0 amide bonds. The van der Waals surface area contributed by atoms with Crippen LogP contribution in [0.5, 0.6) is 0 Å². The molecule has 1 aliphatic carbocycles. The lowest BCUT2D eigenvalue weighted by molar-refractivity contribution is 0.175. The van der Waals surface area contributed by atoms with Gasteiger partial charge in [-0.05, 0) is 98.0 Å². The van der Waals surface area contributed by atoms with Crippen LogP contribution < -0.4 is 0 Å². The van der Waals surface area contributed by atoms with Gasteiger partial charge >= 0.3 is 0 Å². The van der Waals surface area contributed by atoms with Crippen molar-refractivity contribution < 1.29 is 4.39 Å². The minimum absolute atomic E-state index is 0.102. The predicted molar refractivity (Wildman–Crippen MR) is 157 cm³/mol. The summed E-state index contributed by atoms with van der Waals surface area (Å²) in [7, 11) is 0. The molecular formula is C35H40FN3. The normalized spacial score (nSPS) is 20.5. The van der Waals surface area contributed by atoms with Crippen molar-refractivity contribution in [2.75, 3.05) is 19.6 Å². The molecule has 1 saturated carbocycles. The third kappa shape index (κ3) is 6.01. The van der Waals surface area contributed by atoms with E-state index in [4.69, 9.17) is 5.10 Å². The van der Waals surface area contributed by atoms with E-state index in [2.05, 4.69) is 83.2 Å². The van der Waals surface area contributed by atoms with Crippen molar-refractivity contribution in [2.45, 2.75) is 63.8 Å². The lowest BCUT2D eigenvalue weighted by Gasteiger charge is -2.35. The van der Waals surface area contributed by atoms with Crippen LogP contribution in [-0.4, -0.2) is 34.3 Å². The fourth-order valence-electron chi connectivity index (χ4n) is 6.98. The lowest BCUT2D eigenvalue weighted by Crippen LogP contribution is -2.37. The van der Waals surface area contributed by atoms with Gasteiger partial charge < -0.3 is 4.90 Å². The minimum Gasteiger partial charge on any atom is -0.303 e. The van der Waals surface area contributed by atoms with Gasteiger partial charge in [-0.3, -0.25) is 4.68 Å². The molecule has 3 aromatic carbocycles. The van der Waals surface area contributed by atoms with Gasteiger partial charge in [-0.25, -0.2) is 4.39 Å². The number of hydrogen-bond acceptors (Lipinski definition) is 2. The standard InChI is InChI=1S/C35H40FN3/c1-2-39-35(24-33(37-39)22-26-14-16-28(17-15-26)27-8-4-3-5-9-27)29-18-20-38(21-19-29)25-31-11-7-13-34(31)30-10-6-12-32(36)23-30/h3-6,8-10,12,14-17,23-24,29,31,34H,2,7,11,13,18-22,25H2,1H3/t31?,34-/m1/s1. The minimum atomic E-state index is -0.102. The second kappa shape index (κ2) is 11.9. The maximum Gasteiger partial charge on any atom is 0.123 e. The number of aryl methyl sites for hydroxylation is 1. The average molecular weight is 522 g/mol. The third-order valence-electron chi connectivity index (χ3n) is 9.04. The van der Waals surface area contributed by atoms with E-state index < -0.39 is 0 Å². The summed E-state index contributed by atoms with van der Waals surface area (Å²) >= 11 is 0. The SMILES string of the molecule is CCn1nc(Cc2ccc(-c3ccccc3)cc2)cc1C1CCN(CC2CCC[C@@H]2c2cccc(F)c2)CC1. The first-order chi connectivity index (χ1) is 19.2. The first-order valence-corrected chi connectivity index (χ1v) is 14.8. The molecule has 1 aromatic heterocycles. The fourth-order valence-corrected chi connectivity index (χ4v) is 6.98. The van der Waals surface area contributed by atoms with Gasteiger partial charge in [0.05, 0.1) is 5.69 Å². The molecule has 1 unspecified atom stereocenters. The summed E-state index contributed by atoms with van der Waals surface area (Å²) in [5.41, 5.74) is 7.59. The molecule has 6 rings (SSSR count). The van der Waals surface area contributed by atoms with Gasteiger partial charge in [0, 0.05) is 31.1 Å². The maximum atomic E-state index is 13.9. The zero-order valence-corrected chi connectivity index (χ0v) is 23.1. The Balaban J connectivity index is 1.06. The molecule has 0 bridgehead atoms. The van der Waals surface area contributed by atoms with Crippen LogP contribution in [0.2, 0.25) is 0 Å². The molecule has 2 heterocycles. The largest absolute Gasteiger partial charge is 0.303 e. The Morgan fingerprint density at radius 3 is 2.33 bits per heavy atom. The molecular weight excluding hydrogens is 481 g/mol. The van der Waals surface area contributed by atoms with Crippen molar-refractivity contribution in [1.29, 1.82) is 0 Å². The Morgan fingerprint density at radius 1 is 0.821 bits per heavy atom. The number of aromatic nitrogens is 2. The van der Waals surface area contributed by atoms with Crippen molar-refractivity contribution in [1.82, 2.24) is 14.7 Å². The zero-order chi connectivity index (χ0) is 26.6. The zero-order valence-electron chi connectivity index (χ0n) is 23.1. The molecule has 1 saturated heterocycles. The van der Waals surface area contributed by atoms with Gasteiger partial charge in [0.1, 0.15) is 5.82 Å². The van der Waals surface area contributed by atoms with Crippen LogP contribution in [0.15, 0.2) is 84.9 Å². The highest BCUT2D eigenvalue weighted by atomic mass is 19.1. The Hall–Kier alpha value is -3.24. The summed E-state index contributed by atoms with van der Waals surface area (Å²) in [5.74, 6) is 1.62. The Morgan fingerprint density at radius 2 is 1.59 bits per heavy atom. The van der Waals surface area contributed by atoms with E-state index in [-0.39, 0.29) is 5.82 Å². The molecule has 39 heavy (non-hydrogen) atoms. The topological polar surface area (TPSA) is 21.1 Å². The van der Waals surface area contributed by atoms with Crippen LogP contribution >= 0.6 is 0 Å². The van der Waals surface area contributed by atoms with E-state index in [1.165, 1.54) is 65.7 Å². The monoisotopic (exact) mass is 521 g/mol. The van der Waals surface area contributed by atoms with Crippen molar-refractivity contribution in [2.24, 2.45) is 5.92 Å². The number of nitrogens with zero attached hydrogens (tertiary/aromatic N) is 3. The summed E-state index contributed by atoms with van der Waals surface area (Å²) in [5, 5.41) is 5.01. The summed E-state index contributed by atoms with van der Waals surface area (Å²) in [6.07, 6.45) is 6.97. The molecule has 4 aromatic rings. The highest BCUT2D eigenvalue weighted by Crippen LogP contribution is 2.41. The van der Waals surface area contributed by atoms with Crippen molar-refractivity contribution >= 4 is 0 Å². The first-order valence-electron chi connectivity index (χ1n) is 14.8. The van der Waals surface area contributed by atoms with Gasteiger partial charge in [0.15, 0.2) is 0 Å². The van der Waals surface area contributed by atoms with Crippen LogP contribution in [0.3, 0.4) is 0 Å². The molecule has 3 nitrogen and oxygen atoms in total. The van der Waals surface area contributed by atoms with Gasteiger partial charge in [-0.1, -0.05) is 73.2 Å². The van der Waals surface area contributed by atoms with E-state index in [1.807, 2.05) is 6.07 Å². The van der Waals surface area contributed by atoms with Crippen LogP contribution in [0.4, 0.5) is 4.39 Å². The van der Waals surface area contributed by atoms with Gasteiger partial charge in [-0.15, -0.1) is 0 Å². The van der Waals surface area contributed by atoms with Gasteiger partial charge in [-0.2, -0.15) is 5.10 Å². The predicted octanol–water partition coefficient (Wildman–Crippen LogP) is 8.06. The molecule has 0 spiro atoms. The van der Waals surface area contributed by atoms with E-state index in [0.717, 1.165) is 32.6 Å². The Kier molecular flexibility index (Phi) is 7.92. The number of benzene rings is 3. The lowest BCUT2D eigenvalue weighted by atomic mass is 9.87. The van der Waals surface area contributed by atoms with E-state index in [1.54, 1.807) is 12.1 Å².